The van der Waals surface area contributed by atoms with E-state index in [9.17, 15) is 4.79 Å². The topological polar surface area (TPSA) is 102 Å². The molecular formula is C27H33N7O2. The smallest absolute Gasteiger partial charge is 0.343 e. The molecule has 0 aliphatic rings. The van der Waals surface area contributed by atoms with Crippen molar-refractivity contribution in [1.82, 2.24) is 30.4 Å². The monoisotopic (exact) mass is 487 g/mol. The highest BCUT2D eigenvalue weighted by Gasteiger charge is 2.22. The normalized spacial score (nSPS) is 11.0. The van der Waals surface area contributed by atoms with E-state index in [4.69, 9.17) is 9.84 Å². The second-order valence-corrected chi connectivity index (χ2v) is 8.60. The molecule has 9 nitrogen and oxygen atoms in total. The summed E-state index contributed by atoms with van der Waals surface area (Å²) in [5.41, 5.74) is 4.67. The molecule has 2 aromatic carbocycles. The Bertz CT molecular complexity index is 1250. The zero-order valence-corrected chi connectivity index (χ0v) is 21.1. The van der Waals surface area contributed by atoms with Gasteiger partial charge in [-0.3, -0.25) is 4.68 Å². The standard InChI is InChI=1S/C27H33N7O2/c1-4-7-17-34-19-24(27(35)36-6-3)26(30-34)33(16-5-2)18-20-12-14-21(15-13-20)22-10-8-9-11-23(22)25-28-31-32-29-25/h8-15,19H,4-7,16-18H2,1-3H3,(H,28,29,31,32). The number of H-pyrrole nitrogens is 1. The minimum atomic E-state index is -0.329. The van der Waals surface area contributed by atoms with E-state index in [1.165, 1.54) is 0 Å². The highest BCUT2D eigenvalue weighted by Crippen LogP contribution is 2.30. The molecule has 2 aromatic heterocycles. The summed E-state index contributed by atoms with van der Waals surface area (Å²) in [6.45, 7) is 8.61. The number of benzene rings is 2. The molecule has 0 radical (unpaired) electrons. The van der Waals surface area contributed by atoms with Gasteiger partial charge in [0.2, 0.25) is 5.82 Å². The number of aryl methyl sites for hydroxylation is 1. The van der Waals surface area contributed by atoms with Crippen LogP contribution in [-0.2, 0) is 17.8 Å². The van der Waals surface area contributed by atoms with Gasteiger partial charge in [-0.2, -0.15) is 10.3 Å². The largest absolute Gasteiger partial charge is 0.462 e. The molecule has 9 heteroatoms. The van der Waals surface area contributed by atoms with Crippen LogP contribution >= 0.6 is 0 Å². The van der Waals surface area contributed by atoms with Gasteiger partial charge in [-0.15, -0.1) is 10.2 Å². The molecule has 188 valence electrons. The van der Waals surface area contributed by atoms with Crippen LogP contribution < -0.4 is 4.90 Å². The van der Waals surface area contributed by atoms with Crippen LogP contribution in [0.5, 0.6) is 0 Å². The lowest BCUT2D eigenvalue weighted by Crippen LogP contribution is -2.26. The van der Waals surface area contributed by atoms with Crippen molar-refractivity contribution < 1.29 is 9.53 Å². The second-order valence-electron chi connectivity index (χ2n) is 8.60. The molecule has 0 fully saturated rings. The third kappa shape index (κ3) is 5.79. The van der Waals surface area contributed by atoms with Crippen molar-refractivity contribution in [3.8, 4) is 22.5 Å². The van der Waals surface area contributed by atoms with E-state index >= 15 is 0 Å². The van der Waals surface area contributed by atoms with Crippen molar-refractivity contribution in [3.05, 3.63) is 65.9 Å². The number of hydrogen-bond acceptors (Lipinski definition) is 7. The third-order valence-corrected chi connectivity index (χ3v) is 5.92. The Hall–Kier alpha value is -4.01. The first-order chi connectivity index (χ1) is 17.6. The van der Waals surface area contributed by atoms with E-state index in [1.54, 1.807) is 0 Å². The Kier molecular flexibility index (Phi) is 8.44. The fourth-order valence-electron chi connectivity index (χ4n) is 4.18. The summed E-state index contributed by atoms with van der Waals surface area (Å²) in [6.07, 6.45) is 4.82. The van der Waals surface area contributed by atoms with Gasteiger partial charge < -0.3 is 9.64 Å². The third-order valence-electron chi connectivity index (χ3n) is 5.92. The first kappa shape index (κ1) is 25.1. The molecule has 0 aliphatic carbocycles. The summed E-state index contributed by atoms with van der Waals surface area (Å²) in [5, 5.41) is 19.3. The molecule has 0 saturated heterocycles. The van der Waals surface area contributed by atoms with Gasteiger partial charge in [0.25, 0.3) is 0 Å². The summed E-state index contributed by atoms with van der Waals surface area (Å²) in [7, 11) is 0. The molecule has 0 saturated carbocycles. The van der Waals surface area contributed by atoms with Crippen LogP contribution in [0.15, 0.2) is 54.7 Å². The van der Waals surface area contributed by atoms with Crippen molar-refractivity contribution >= 4 is 11.8 Å². The molecule has 4 rings (SSSR count). The van der Waals surface area contributed by atoms with Crippen molar-refractivity contribution in [2.24, 2.45) is 0 Å². The molecule has 1 N–H and O–H groups in total. The van der Waals surface area contributed by atoms with Gasteiger partial charge in [0.15, 0.2) is 5.82 Å². The highest BCUT2D eigenvalue weighted by molar-refractivity contribution is 5.94. The first-order valence-electron chi connectivity index (χ1n) is 12.6. The number of carbonyl (C=O) groups excluding carboxylic acids is 1. The second kappa shape index (κ2) is 12.1. The number of esters is 1. The van der Waals surface area contributed by atoms with E-state index in [0.29, 0.717) is 30.4 Å². The lowest BCUT2D eigenvalue weighted by Gasteiger charge is -2.23. The fraction of sp³-hybridized carbons (Fsp3) is 0.370. The maximum absolute atomic E-state index is 12.7. The number of carbonyl (C=O) groups is 1. The van der Waals surface area contributed by atoms with E-state index in [0.717, 1.165) is 54.6 Å². The quantitative estimate of drug-likeness (QED) is 0.277. The summed E-state index contributed by atoms with van der Waals surface area (Å²) in [4.78, 5) is 14.9. The van der Waals surface area contributed by atoms with Gasteiger partial charge in [-0.25, -0.2) is 4.79 Å². The van der Waals surface area contributed by atoms with Crippen molar-refractivity contribution in [2.75, 3.05) is 18.1 Å². The highest BCUT2D eigenvalue weighted by atomic mass is 16.5. The van der Waals surface area contributed by atoms with Gasteiger partial charge in [-0.05, 0) is 41.7 Å². The van der Waals surface area contributed by atoms with Crippen LogP contribution in [0, 0.1) is 0 Å². The lowest BCUT2D eigenvalue weighted by atomic mass is 9.98. The first-order valence-corrected chi connectivity index (χ1v) is 12.6. The van der Waals surface area contributed by atoms with E-state index < -0.39 is 0 Å². The van der Waals surface area contributed by atoms with Crippen molar-refractivity contribution in [2.45, 2.75) is 53.1 Å². The fourth-order valence-corrected chi connectivity index (χ4v) is 4.18. The molecule has 0 aliphatic heterocycles. The minimum Gasteiger partial charge on any atom is -0.462 e. The van der Waals surface area contributed by atoms with Crippen LogP contribution in [0.4, 0.5) is 5.82 Å². The SMILES string of the molecule is CCCCn1cc(C(=O)OCC)c(N(CCC)Cc2ccc(-c3ccccc3-c3nn[nH]n3)cc2)n1. The maximum Gasteiger partial charge on any atom is 0.343 e. The lowest BCUT2D eigenvalue weighted by molar-refractivity contribution is 0.0527. The van der Waals surface area contributed by atoms with E-state index in [2.05, 4.69) is 69.7 Å². The molecule has 0 spiro atoms. The number of unbranched alkanes of at least 4 members (excludes halogenated alkanes) is 1. The number of anilines is 1. The summed E-state index contributed by atoms with van der Waals surface area (Å²) in [5.74, 6) is 0.914. The molecule has 4 aromatic rings. The van der Waals surface area contributed by atoms with Gasteiger partial charge in [0, 0.05) is 31.4 Å². The Morgan fingerprint density at radius 2 is 1.81 bits per heavy atom. The van der Waals surface area contributed by atoms with Crippen molar-refractivity contribution in [1.29, 1.82) is 0 Å². The van der Waals surface area contributed by atoms with Crippen LogP contribution in [-0.4, -0.2) is 49.5 Å². The number of tetrazole rings is 1. The molecule has 36 heavy (non-hydrogen) atoms. The summed E-state index contributed by atoms with van der Waals surface area (Å²) < 4.78 is 7.20. The number of hydrogen-bond donors (Lipinski definition) is 1. The van der Waals surface area contributed by atoms with Gasteiger partial charge in [0.05, 0.1) is 6.61 Å². The van der Waals surface area contributed by atoms with Gasteiger partial charge in [-0.1, -0.05) is 68.8 Å². The van der Waals surface area contributed by atoms with Crippen LogP contribution in [0.2, 0.25) is 0 Å². The van der Waals surface area contributed by atoms with Crippen LogP contribution in [0.25, 0.3) is 22.5 Å². The molecule has 0 atom stereocenters. The van der Waals surface area contributed by atoms with Crippen LogP contribution in [0.1, 0.15) is 56.0 Å². The minimum absolute atomic E-state index is 0.329. The molecule has 2 heterocycles. The Labute approximate surface area is 211 Å². The Morgan fingerprint density at radius 1 is 1.03 bits per heavy atom. The number of aromatic nitrogens is 6. The van der Waals surface area contributed by atoms with Gasteiger partial charge >= 0.3 is 5.97 Å². The number of ether oxygens (including phenoxy) is 1. The maximum atomic E-state index is 12.7. The number of nitrogens with zero attached hydrogens (tertiary/aromatic N) is 6. The zero-order chi connectivity index (χ0) is 25.3. The molecular weight excluding hydrogens is 454 g/mol. The van der Waals surface area contributed by atoms with E-state index in [-0.39, 0.29) is 5.97 Å². The van der Waals surface area contributed by atoms with Crippen LogP contribution in [0.3, 0.4) is 0 Å². The number of aromatic amines is 1. The summed E-state index contributed by atoms with van der Waals surface area (Å²) >= 11 is 0. The Morgan fingerprint density at radius 3 is 2.47 bits per heavy atom. The average Bonchev–Trinajstić information content (AvgIpc) is 3.59. The molecule has 0 bridgehead atoms. The number of nitrogens with one attached hydrogen (secondary N) is 1. The summed E-state index contributed by atoms with van der Waals surface area (Å²) in [6, 6.07) is 16.4. The Balaban J connectivity index is 1.60. The predicted octanol–water partition coefficient (Wildman–Crippen LogP) is 5.12. The molecule has 0 unspecified atom stereocenters. The van der Waals surface area contributed by atoms with E-state index in [1.807, 2.05) is 36.0 Å². The number of rotatable bonds is 12. The van der Waals surface area contributed by atoms with Crippen molar-refractivity contribution in [3.63, 3.8) is 0 Å². The molecule has 0 amide bonds. The average molecular weight is 488 g/mol. The zero-order valence-electron chi connectivity index (χ0n) is 21.1. The predicted molar refractivity (Wildman–Crippen MR) is 139 cm³/mol. The van der Waals surface area contributed by atoms with Gasteiger partial charge in [0.1, 0.15) is 5.56 Å².